The smallest absolute Gasteiger partial charge is 0.245 e. The largest absolute Gasteiger partial charge is 0.319 e. The third-order valence-electron chi connectivity index (χ3n) is 5.49. The SMILES string of the molecule is CC(C)(C)n1cc(-c2cc3c(cc2F)S(=O)(=O)C[C@H](N)C(=O)N3Cc2ccc(Cl)cc2)cn1. The summed E-state index contributed by atoms with van der Waals surface area (Å²) in [5, 5.41) is 4.83. The van der Waals surface area contributed by atoms with Crippen LogP contribution in [-0.2, 0) is 26.7 Å². The molecule has 1 amide bonds. The van der Waals surface area contributed by atoms with Crippen molar-refractivity contribution in [2.45, 2.75) is 43.8 Å². The van der Waals surface area contributed by atoms with Gasteiger partial charge in [0.2, 0.25) is 5.91 Å². The first-order valence-corrected chi connectivity index (χ1v) is 12.3. The van der Waals surface area contributed by atoms with Crippen LogP contribution in [-0.4, -0.2) is 35.9 Å². The van der Waals surface area contributed by atoms with E-state index >= 15 is 4.39 Å². The van der Waals surface area contributed by atoms with Gasteiger partial charge >= 0.3 is 0 Å². The first kappa shape index (κ1) is 23.4. The number of aromatic nitrogens is 2. The van der Waals surface area contributed by atoms with Gasteiger partial charge in [-0.25, -0.2) is 12.8 Å². The Morgan fingerprint density at radius 1 is 1.21 bits per heavy atom. The third-order valence-corrected chi connectivity index (χ3v) is 7.54. The average molecular weight is 491 g/mol. The average Bonchev–Trinajstić information content (AvgIpc) is 3.21. The van der Waals surface area contributed by atoms with Gasteiger partial charge in [-0.15, -0.1) is 0 Å². The van der Waals surface area contributed by atoms with Crippen molar-refractivity contribution in [3.8, 4) is 11.1 Å². The highest BCUT2D eigenvalue weighted by Crippen LogP contribution is 2.37. The number of hydrogen-bond acceptors (Lipinski definition) is 5. The second-order valence-corrected chi connectivity index (χ2v) is 11.5. The van der Waals surface area contributed by atoms with E-state index in [4.69, 9.17) is 17.3 Å². The topological polar surface area (TPSA) is 98.3 Å². The Hall–Kier alpha value is -2.75. The van der Waals surface area contributed by atoms with Gasteiger partial charge in [-0.05, 0) is 50.6 Å². The number of hydrogen-bond donors (Lipinski definition) is 1. The van der Waals surface area contributed by atoms with Crippen LogP contribution in [0.15, 0.2) is 53.7 Å². The van der Waals surface area contributed by atoms with Crippen molar-refractivity contribution >= 4 is 33.0 Å². The molecule has 2 aromatic carbocycles. The van der Waals surface area contributed by atoms with Gasteiger partial charge in [0, 0.05) is 22.3 Å². The van der Waals surface area contributed by atoms with Gasteiger partial charge in [0.15, 0.2) is 9.84 Å². The van der Waals surface area contributed by atoms with Crippen LogP contribution in [0, 0.1) is 5.82 Å². The summed E-state index contributed by atoms with van der Waals surface area (Å²) < 4.78 is 42.8. The van der Waals surface area contributed by atoms with Crippen LogP contribution in [0.4, 0.5) is 10.1 Å². The predicted octanol–water partition coefficient (Wildman–Crippen LogP) is 3.75. The van der Waals surface area contributed by atoms with Gasteiger partial charge in [-0.1, -0.05) is 23.7 Å². The third kappa shape index (κ3) is 4.53. The summed E-state index contributed by atoms with van der Waals surface area (Å²) in [6.07, 6.45) is 3.20. The number of fused-ring (bicyclic) bond motifs is 1. The molecule has 1 aliphatic rings. The summed E-state index contributed by atoms with van der Waals surface area (Å²) in [5.74, 6) is -1.88. The van der Waals surface area contributed by atoms with Crippen molar-refractivity contribution in [2.24, 2.45) is 5.73 Å². The van der Waals surface area contributed by atoms with Crippen molar-refractivity contribution in [2.75, 3.05) is 10.7 Å². The molecule has 2 N–H and O–H groups in total. The van der Waals surface area contributed by atoms with Gasteiger partial charge < -0.3 is 10.6 Å². The molecule has 2 heterocycles. The van der Waals surface area contributed by atoms with Gasteiger partial charge in [-0.3, -0.25) is 9.48 Å². The normalized spacial score (nSPS) is 18.2. The molecule has 174 valence electrons. The van der Waals surface area contributed by atoms with E-state index in [0.717, 1.165) is 11.6 Å². The number of anilines is 1. The molecule has 0 aliphatic carbocycles. The monoisotopic (exact) mass is 490 g/mol. The summed E-state index contributed by atoms with van der Waals surface area (Å²) >= 11 is 5.96. The molecule has 1 aromatic heterocycles. The zero-order valence-electron chi connectivity index (χ0n) is 18.4. The fourth-order valence-corrected chi connectivity index (χ4v) is 5.40. The zero-order valence-corrected chi connectivity index (χ0v) is 20.0. The molecule has 33 heavy (non-hydrogen) atoms. The van der Waals surface area contributed by atoms with Crippen molar-refractivity contribution in [3.05, 3.63) is 65.2 Å². The molecule has 0 radical (unpaired) electrons. The maximum Gasteiger partial charge on any atom is 0.245 e. The summed E-state index contributed by atoms with van der Waals surface area (Å²) in [5.41, 5.74) is 7.03. The number of nitrogens with zero attached hydrogens (tertiary/aromatic N) is 3. The lowest BCUT2D eigenvalue weighted by molar-refractivity contribution is -0.119. The van der Waals surface area contributed by atoms with E-state index < -0.39 is 33.4 Å². The Morgan fingerprint density at radius 3 is 2.48 bits per heavy atom. The Labute approximate surface area is 196 Å². The molecular formula is C23H24ClFN4O3S. The van der Waals surface area contributed by atoms with Crippen molar-refractivity contribution in [3.63, 3.8) is 0 Å². The standard InChI is InChI=1S/C23H24ClFN4O3S/c1-23(2,3)29-12-15(10-27-29)17-8-20-21(9-18(17)25)33(31,32)13-19(26)22(30)28(20)11-14-4-6-16(24)7-5-14/h4-10,12,19H,11,13,26H2,1-3H3/t19-/m0/s1. The lowest BCUT2D eigenvalue weighted by Gasteiger charge is -2.25. The molecule has 7 nitrogen and oxygen atoms in total. The van der Waals surface area contributed by atoms with Crippen LogP contribution in [0.3, 0.4) is 0 Å². The molecule has 0 bridgehead atoms. The molecule has 0 fully saturated rings. The molecular weight excluding hydrogens is 467 g/mol. The Balaban J connectivity index is 1.89. The summed E-state index contributed by atoms with van der Waals surface area (Å²) in [4.78, 5) is 14.2. The van der Waals surface area contributed by atoms with Gasteiger partial charge in [-0.2, -0.15) is 5.10 Å². The number of carbonyl (C=O) groups is 1. The number of halogens is 2. The summed E-state index contributed by atoms with van der Waals surface area (Å²) in [6.45, 7) is 5.92. The number of amides is 1. The molecule has 1 atom stereocenters. The maximum atomic E-state index is 15.2. The van der Waals surface area contributed by atoms with Gasteiger partial charge in [0.25, 0.3) is 0 Å². The first-order chi connectivity index (χ1) is 15.4. The van der Waals surface area contributed by atoms with E-state index in [1.807, 2.05) is 20.8 Å². The molecule has 0 unspecified atom stereocenters. The first-order valence-electron chi connectivity index (χ1n) is 10.3. The van der Waals surface area contributed by atoms with E-state index in [1.54, 1.807) is 35.1 Å². The highest BCUT2D eigenvalue weighted by Gasteiger charge is 2.37. The molecule has 4 rings (SSSR count). The molecule has 0 saturated carbocycles. The minimum Gasteiger partial charge on any atom is -0.319 e. The van der Waals surface area contributed by atoms with Crippen LogP contribution in [0.1, 0.15) is 26.3 Å². The minimum absolute atomic E-state index is 0.0541. The minimum atomic E-state index is -4.00. The number of benzene rings is 2. The number of rotatable bonds is 3. The number of carbonyl (C=O) groups excluding carboxylic acids is 1. The fraction of sp³-hybridized carbons (Fsp3) is 0.304. The quantitative estimate of drug-likeness (QED) is 0.603. The van der Waals surface area contributed by atoms with E-state index in [-0.39, 0.29) is 28.2 Å². The van der Waals surface area contributed by atoms with Crippen molar-refractivity contribution in [1.82, 2.24) is 9.78 Å². The number of nitrogens with two attached hydrogens (primary N) is 1. The second kappa shape index (κ2) is 8.23. The van der Waals surface area contributed by atoms with Crippen molar-refractivity contribution in [1.29, 1.82) is 0 Å². The summed E-state index contributed by atoms with van der Waals surface area (Å²) in [7, 11) is -4.00. The van der Waals surface area contributed by atoms with E-state index in [2.05, 4.69) is 5.10 Å². The van der Waals surface area contributed by atoms with Crippen LogP contribution in [0.25, 0.3) is 11.1 Å². The Kier molecular flexibility index (Phi) is 5.84. The van der Waals surface area contributed by atoms with E-state index in [0.29, 0.717) is 10.6 Å². The molecule has 0 saturated heterocycles. The van der Waals surface area contributed by atoms with Crippen molar-refractivity contribution < 1.29 is 17.6 Å². The molecule has 3 aromatic rings. The second-order valence-electron chi connectivity index (χ2n) is 9.08. The van der Waals surface area contributed by atoms with Crippen LogP contribution < -0.4 is 10.6 Å². The molecule has 1 aliphatic heterocycles. The fourth-order valence-electron chi connectivity index (χ4n) is 3.71. The Morgan fingerprint density at radius 2 is 1.88 bits per heavy atom. The molecule has 0 spiro atoms. The van der Waals surface area contributed by atoms with Crippen LogP contribution >= 0.6 is 11.6 Å². The maximum absolute atomic E-state index is 15.2. The van der Waals surface area contributed by atoms with E-state index in [9.17, 15) is 13.2 Å². The highest BCUT2D eigenvalue weighted by molar-refractivity contribution is 7.91. The van der Waals surface area contributed by atoms with E-state index in [1.165, 1.54) is 17.2 Å². The predicted molar refractivity (Wildman–Crippen MR) is 125 cm³/mol. The van der Waals surface area contributed by atoms with Gasteiger partial charge in [0.05, 0.1) is 40.7 Å². The lowest BCUT2D eigenvalue weighted by atomic mass is 10.1. The van der Waals surface area contributed by atoms with Crippen LogP contribution in [0.5, 0.6) is 0 Å². The Bertz CT molecular complexity index is 1330. The zero-order chi connectivity index (χ0) is 24.1. The summed E-state index contributed by atoms with van der Waals surface area (Å²) in [6, 6.07) is 7.90. The highest BCUT2D eigenvalue weighted by atomic mass is 35.5. The van der Waals surface area contributed by atoms with Crippen LogP contribution in [0.2, 0.25) is 5.02 Å². The number of sulfone groups is 1. The lowest BCUT2D eigenvalue weighted by Crippen LogP contribution is -2.45. The van der Waals surface area contributed by atoms with Gasteiger partial charge in [0.1, 0.15) is 5.82 Å². The molecule has 10 heteroatoms.